The lowest BCUT2D eigenvalue weighted by molar-refractivity contribution is -0.145. The van der Waals surface area contributed by atoms with Crippen LogP contribution >= 0.6 is 0 Å². The fourth-order valence-electron chi connectivity index (χ4n) is 5.89. The molecule has 0 unspecified atom stereocenters. The van der Waals surface area contributed by atoms with Crippen LogP contribution in [-0.2, 0) is 30.3 Å². The number of fused-ring (bicyclic) bond motifs is 1. The molecule has 62 heavy (non-hydrogen) atoms. The lowest BCUT2D eigenvalue weighted by Crippen LogP contribution is -2.42. The lowest BCUT2D eigenvalue weighted by Gasteiger charge is -2.20. The number of H-pyrrole nitrogens is 1. The summed E-state index contributed by atoms with van der Waals surface area (Å²) in [6.45, 7) is 13.0. The Morgan fingerprint density at radius 1 is 0.952 bits per heavy atom. The highest BCUT2D eigenvalue weighted by atomic mass is 28.3. The predicted octanol–water partition coefficient (Wildman–Crippen LogP) is 2.81. The molecule has 3 amide bonds. The van der Waals surface area contributed by atoms with Gasteiger partial charge in [0.1, 0.15) is 24.2 Å². The molecule has 334 valence electrons. The summed E-state index contributed by atoms with van der Waals surface area (Å²) in [6, 6.07) is 8.05. The summed E-state index contributed by atoms with van der Waals surface area (Å²) in [5, 5.41) is 30.1. The summed E-state index contributed by atoms with van der Waals surface area (Å²) < 4.78 is 17.4. The van der Waals surface area contributed by atoms with Gasteiger partial charge in [-0.25, -0.2) is 24.4 Å². The summed E-state index contributed by atoms with van der Waals surface area (Å²) in [6.07, 6.45) is -0.854. The van der Waals surface area contributed by atoms with Gasteiger partial charge in [-0.1, -0.05) is 39.3 Å². The molecule has 0 spiro atoms. The van der Waals surface area contributed by atoms with Gasteiger partial charge in [-0.15, -0.1) is 0 Å². The van der Waals surface area contributed by atoms with Crippen LogP contribution in [-0.4, -0.2) is 118 Å². The Balaban J connectivity index is 1.16. The Morgan fingerprint density at radius 3 is 2.29 bits per heavy atom. The van der Waals surface area contributed by atoms with E-state index in [1.165, 1.54) is 18.5 Å². The lowest BCUT2D eigenvalue weighted by atomic mass is 10.1. The van der Waals surface area contributed by atoms with Gasteiger partial charge in [0.2, 0.25) is 11.9 Å². The molecule has 0 radical (unpaired) electrons. The molecule has 0 saturated carbocycles. The van der Waals surface area contributed by atoms with E-state index in [9.17, 15) is 39.0 Å². The number of rotatable bonds is 19. The first-order chi connectivity index (χ1) is 29.3. The molecule has 23 heteroatoms. The number of nitrogens with one attached hydrogen (secondary N) is 5. The summed E-state index contributed by atoms with van der Waals surface area (Å²) in [4.78, 5) is 96.3. The normalized spacial score (nSPS) is 16.9. The van der Waals surface area contributed by atoms with Crippen molar-refractivity contribution in [2.45, 2.75) is 102 Å². The average Bonchev–Trinajstić information content (AvgIpc) is 3.57. The number of amides is 3. The molecule has 4 heterocycles. The highest BCUT2D eigenvalue weighted by Crippen LogP contribution is 2.27. The number of nitrogens with zero attached hydrogens (tertiary/aromatic N) is 5. The van der Waals surface area contributed by atoms with Gasteiger partial charge in [0.05, 0.1) is 44.4 Å². The molecular formula is C39H54N10O11Si2. The number of anilines is 3. The van der Waals surface area contributed by atoms with E-state index in [-0.39, 0.29) is 67.5 Å². The van der Waals surface area contributed by atoms with E-state index in [1.54, 1.807) is 24.3 Å². The smallest absolute Gasteiger partial charge is 0.413 e. The highest BCUT2D eigenvalue weighted by Gasteiger charge is 2.35. The van der Waals surface area contributed by atoms with Crippen LogP contribution in [0.3, 0.4) is 0 Å². The Labute approximate surface area is 358 Å². The van der Waals surface area contributed by atoms with Crippen molar-refractivity contribution in [2.24, 2.45) is 0 Å². The van der Waals surface area contributed by atoms with Gasteiger partial charge in [-0.05, 0) is 48.8 Å². The molecule has 1 aliphatic rings. The average molecular weight is 895 g/mol. The third-order valence-corrected chi connectivity index (χ3v) is 12.9. The second-order valence-electron chi connectivity index (χ2n) is 17.2. The van der Waals surface area contributed by atoms with E-state index in [4.69, 9.17) is 14.2 Å². The molecule has 5 rings (SSSR count). The number of carbonyl (C=O) groups is 4. The maximum atomic E-state index is 13.4. The Hall–Kier alpha value is -5.89. The van der Waals surface area contributed by atoms with Gasteiger partial charge >= 0.3 is 17.8 Å². The molecule has 1 saturated heterocycles. The number of aromatic amines is 1. The minimum absolute atomic E-state index is 0.0274. The van der Waals surface area contributed by atoms with Gasteiger partial charge in [0.25, 0.3) is 11.5 Å². The van der Waals surface area contributed by atoms with E-state index < -0.39 is 82.4 Å². The zero-order chi connectivity index (χ0) is 45.2. The summed E-state index contributed by atoms with van der Waals surface area (Å²) >= 11 is 0. The second-order valence-corrected chi connectivity index (χ2v) is 28.4. The van der Waals surface area contributed by atoms with E-state index in [0.29, 0.717) is 17.4 Å². The number of hydrogen-bond acceptors (Lipinski definition) is 16. The molecule has 1 aromatic carbocycles. The zero-order valence-electron chi connectivity index (χ0n) is 35.5. The van der Waals surface area contributed by atoms with Gasteiger partial charge in [0.15, 0.2) is 11.2 Å². The molecule has 3 aromatic heterocycles. The highest BCUT2D eigenvalue weighted by molar-refractivity contribution is 6.76. The van der Waals surface area contributed by atoms with Crippen LogP contribution < -0.4 is 32.5 Å². The van der Waals surface area contributed by atoms with Crippen LogP contribution in [0.4, 0.5) is 22.2 Å². The van der Waals surface area contributed by atoms with Crippen molar-refractivity contribution in [1.29, 1.82) is 0 Å². The number of aromatic nitrogens is 6. The fourth-order valence-corrected chi connectivity index (χ4v) is 7.32. The van der Waals surface area contributed by atoms with Crippen molar-refractivity contribution >= 4 is 68.6 Å². The van der Waals surface area contributed by atoms with Crippen LogP contribution in [0.2, 0.25) is 51.4 Å². The molecule has 21 nitrogen and oxygen atoms in total. The fraction of sp³-hybridized carbons (Fsp3) is 0.487. The van der Waals surface area contributed by atoms with E-state index in [0.717, 1.165) is 10.6 Å². The summed E-state index contributed by atoms with van der Waals surface area (Å²) in [5.74, 6) is -2.02. The molecule has 1 fully saturated rings. The van der Waals surface area contributed by atoms with Crippen LogP contribution in [0.25, 0.3) is 11.2 Å². The van der Waals surface area contributed by atoms with Crippen molar-refractivity contribution in [1.82, 2.24) is 34.8 Å². The Kier molecular flexibility index (Phi) is 15.8. The van der Waals surface area contributed by atoms with Crippen LogP contribution in [0.15, 0.2) is 52.3 Å². The zero-order valence-corrected chi connectivity index (χ0v) is 37.5. The molecule has 0 bridgehead atoms. The SMILES string of the molecule is C[Si](C)(C)CCOC(=O)Nc1nc2ncc(CNc3ccc(C(=O)N[C@@H](CCC(=O)Nc4ccn([C@H]5C[C@H](O)[C@@H](CO)O5)c(=O)n4)C(=O)OCC[Si](C)(C)C)cc3)nc2c(=O)[nH]1. The standard InChI is InChI=1S/C39H54N10O11Si2/c1-61(2,3)17-15-58-36(55)26(11-12-30(52)44-29-13-14-49(38(56)45-29)31-19-27(51)28(22-50)60-31)43-34(53)23-7-9-24(10-8-23)40-20-25-21-41-33-32(42-25)35(54)47-37(46-33)48-39(57)59-16-18-62(4,5)6/h7-10,13-14,21,26-28,31,40,50-51H,11-12,15-20,22H2,1-6H3,(H,43,53)(H,44,45,52,56)(H2,41,46,47,48,54,57)/t26-,27-,28+,31+/m0/s1. The summed E-state index contributed by atoms with van der Waals surface area (Å²) in [5.41, 5.74) is -0.117. The predicted molar refractivity (Wildman–Crippen MR) is 233 cm³/mol. The van der Waals surface area contributed by atoms with Crippen LogP contribution in [0.1, 0.15) is 41.5 Å². The number of benzene rings is 1. The maximum Gasteiger partial charge on any atom is 0.413 e. The van der Waals surface area contributed by atoms with Crippen molar-refractivity contribution in [2.75, 3.05) is 35.8 Å². The first kappa shape index (κ1) is 47.2. The molecule has 0 aliphatic carbocycles. The van der Waals surface area contributed by atoms with Gasteiger partial charge < -0.3 is 40.4 Å². The largest absolute Gasteiger partial charge is 0.464 e. The first-order valence-corrected chi connectivity index (χ1v) is 27.5. The number of hydrogen-bond donors (Lipinski definition) is 7. The van der Waals surface area contributed by atoms with Crippen molar-refractivity contribution in [3.05, 3.63) is 74.8 Å². The van der Waals surface area contributed by atoms with E-state index >= 15 is 0 Å². The quantitative estimate of drug-likeness (QED) is 0.0526. The first-order valence-electron chi connectivity index (χ1n) is 20.1. The van der Waals surface area contributed by atoms with Gasteiger partial charge in [0, 0.05) is 46.4 Å². The minimum atomic E-state index is -1.55. The van der Waals surface area contributed by atoms with Crippen molar-refractivity contribution < 1.29 is 43.6 Å². The monoisotopic (exact) mass is 894 g/mol. The minimum Gasteiger partial charge on any atom is -0.464 e. The van der Waals surface area contributed by atoms with Crippen molar-refractivity contribution in [3.63, 3.8) is 0 Å². The number of esters is 1. The number of ether oxygens (including phenoxy) is 3. The third-order valence-electron chi connectivity index (χ3n) is 9.53. The molecular weight excluding hydrogens is 841 g/mol. The molecule has 1 aliphatic heterocycles. The Morgan fingerprint density at radius 2 is 1.65 bits per heavy atom. The second kappa shape index (κ2) is 20.8. The number of aliphatic hydroxyl groups is 2. The van der Waals surface area contributed by atoms with E-state index in [1.807, 2.05) is 0 Å². The molecule has 4 atom stereocenters. The maximum absolute atomic E-state index is 13.4. The van der Waals surface area contributed by atoms with E-state index in [2.05, 4.69) is 85.5 Å². The number of carbonyl (C=O) groups excluding carboxylic acids is 4. The topological polar surface area (TPSA) is 291 Å². The molecule has 7 N–H and O–H groups in total. The van der Waals surface area contributed by atoms with Gasteiger partial charge in [-0.3, -0.25) is 29.3 Å². The third kappa shape index (κ3) is 14.1. The van der Waals surface area contributed by atoms with Crippen LogP contribution in [0.5, 0.6) is 0 Å². The van der Waals surface area contributed by atoms with Gasteiger partial charge in [-0.2, -0.15) is 9.97 Å². The number of aliphatic hydroxyl groups excluding tert-OH is 2. The Bertz CT molecular complexity index is 2350. The summed E-state index contributed by atoms with van der Waals surface area (Å²) in [7, 11) is -2.95. The molecule has 4 aromatic rings. The van der Waals surface area contributed by atoms with Crippen LogP contribution in [0, 0.1) is 0 Å². The van der Waals surface area contributed by atoms with Crippen molar-refractivity contribution in [3.8, 4) is 0 Å².